The molecular weight excluding hydrogens is 362 g/mol. The minimum atomic E-state index is -0.417. The number of benzene rings is 3. The fourth-order valence-corrected chi connectivity index (χ4v) is 2.85. The number of carbonyl (C=O) groups is 1. The van der Waals surface area contributed by atoms with Gasteiger partial charge in [0.2, 0.25) is 0 Å². The lowest BCUT2D eigenvalue weighted by Crippen LogP contribution is -2.17. The summed E-state index contributed by atoms with van der Waals surface area (Å²) < 4.78 is 0. The van der Waals surface area contributed by atoms with E-state index in [2.05, 4.69) is 10.5 Å². The number of carbonyl (C=O) groups excluding carboxylic acids is 1. The van der Waals surface area contributed by atoms with E-state index in [0.717, 1.165) is 21.9 Å². The van der Waals surface area contributed by atoms with Gasteiger partial charge in [-0.25, -0.2) is 5.43 Å². The van der Waals surface area contributed by atoms with E-state index in [1.54, 1.807) is 6.21 Å². The number of rotatable bonds is 5. The van der Waals surface area contributed by atoms with Crippen LogP contribution in [-0.2, 0) is 0 Å². The van der Waals surface area contributed by atoms with Crippen molar-refractivity contribution in [1.82, 2.24) is 5.43 Å². The molecule has 3 aromatic rings. The van der Waals surface area contributed by atoms with E-state index >= 15 is 0 Å². The number of nitrogens with zero attached hydrogens (tertiary/aromatic N) is 1. The number of aromatic hydroxyl groups is 1. The van der Waals surface area contributed by atoms with E-state index in [1.807, 2.05) is 48.6 Å². The highest BCUT2D eigenvalue weighted by Gasteiger charge is 2.07. The first-order valence-corrected chi connectivity index (χ1v) is 8.68. The molecule has 0 spiro atoms. The molecule has 0 bridgehead atoms. The molecule has 3 aromatic carbocycles. The van der Waals surface area contributed by atoms with Gasteiger partial charge in [0.15, 0.2) is 0 Å². The first-order valence-electron chi connectivity index (χ1n) is 8.30. The number of halogens is 1. The predicted octanol–water partition coefficient (Wildman–Crippen LogP) is 3.93. The molecule has 0 radical (unpaired) electrons. The molecule has 3 rings (SSSR count). The van der Waals surface area contributed by atoms with Gasteiger partial charge in [-0.1, -0.05) is 60.2 Å². The molecule has 27 heavy (non-hydrogen) atoms. The Kier molecular flexibility index (Phi) is 5.86. The summed E-state index contributed by atoms with van der Waals surface area (Å²) in [4.78, 5) is 12.1. The number of phenols is 1. The number of nitrogens with two attached hydrogens (primary N) is 1. The monoisotopic (exact) mass is 379 g/mol. The molecule has 136 valence electrons. The van der Waals surface area contributed by atoms with Crippen LogP contribution in [0.3, 0.4) is 0 Å². The van der Waals surface area contributed by atoms with E-state index < -0.39 is 5.91 Å². The van der Waals surface area contributed by atoms with Crippen molar-refractivity contribution >= 4 is 40.6 Å². The molecule has 4 N–H and O–H groups in total. The molecule has 0 aromatic heterocycles. The normalized spacial score (nSPS) is 11.5. The van der Waals surface area contributed by atoms with Crippen LogP contribution in [0.2, 0.25) is 5.02 Å². The van der Waals surface area contributed by atoms with Gasteiger partial charge in [-0.15, -0.1) is 0 Å². The van der Waals surface area contributed by atoms with Crippen LogP contribution in [0, 0.1) is 0 Å². The Morgan fingerprint density at radius 1 is 1.11 bits per heavy atom. The summed E-state index contributed by atoms with van der Waals surface area (Å²) in [6, 6.07) is 16.1. The SMILES string of the molecule is NC/C=C/c1ccc(/C=N/NC(=O)c2ccc(O)c(Cl)c2)c2ccccc12. The van der Waals surface area contributed by atoms with Crippen molar-refractivity contribution in [3.05, 3.63) is 82.4 Å². The van der Waals surface area contributed by atoms with Crippen LogP contribution in [0.1, 0.15) is 21.5 Å². The molecule has 6 heteroatoms. The molecule has 5 nitrogen and oxygen atoms in total. The summed E-state index contributed by atoms with van der Waals surface area (Å²) in [7, 11) is 0. The fraction of sp³-hybridized carbons (Fsp3) is 0.0476. The number of hydrogen-bond donors (Lipinski definition) is 3. The molecule has 0 saturated heterocycles. The second kappa shape index (κ2) is 8.49. The quantitative estimate of drug-likeness (QED) is 0.463. The molecule has 0 aliphatic heterocycles. The van der Waals surface area contributed by atoms with Gasteiger partial charge in [-0.05, 0) is 34.5 Å². The number of nitrogens with one attached hydrogen (secondary N) is 1. The Bertz CT molecular complexity index is 1040. The number of hydrogen-bond acceptors (Lipinski definition) is 4. The van der Waals surface area contributed by atoms with Crippen LogP contribution in [0.15, 0.2) is 65.8 Å². The van der Waals surface area contributed by atoms with Gasteiger partial charge in [0.25, 0.3) is 5.91 Å². The Morgan fingerprint density at radius 2 is 1.81 bits per heavy atom. The van der Waals surface area contributed by atoms with Crippen molar-refractivity contribution in [3.8, 4) is 5.75 Å². The van der Waals surface area contributed by atoms with Gasteiger partial charge >= 0.3 is 0 Å². The number of hydrazone groups is 1. The van der Waals surface area contributed by atoms with E-state index in [9.17, 15) is 9.90 Å². The maximum Gasteiger partial charge on any atom is 0.271 e. The molecular formula is C21H18ClN3O2. The number of phenolic OH excluding ortho intramolecular Hbond substituents is 1. The second-order valence-electron chi connectivity index (χ2n) is 5.79. The average molecular weight is 380 g/mol. The van der Waals surface area contributed by atoms with Gasteiger partial charge < -0.3 is 10.8 Å². The van der Waals surface area contributed by atoms with Crippen LogP contribution in [0.25, 0.3) is 16.8 Å². The summed E-state index contributed by atoms with van der Waals surface area (Å²) in [5.74, 6) is -0.494. The third-order valence-corrected chi connectivity index (χ3v) is 4.31. The highest BCUT2D eigenvalue weighted by atomic mass is 35.5. The summed E-state index contributed by atoms with van der Waals surface area (Å²) in [5.41, 5.74) is 10.3. The van der Waals surface area contributed by atoms with Crippen LogP contribution < -0.4 is 11.2 Å². The minimum absolute atomic E-state index is 0.0769. The maximum atomic E-state index is 12.1. The van der Waals surface area contributed by atoms with Crippen molar-refractivity contribution in [3.63, 3.8) is 0 Å². The molecule has 0 saturated carbocycles. The van der Waals surface area contributed by atoms with Gasteiger partial charge in [0.1, 0.15) is 5.75 Å². The van der Waals surface area contributed by atoms with E-state index in [0.29, 0.717) is 12.1 Å². The van der Waals surface area contributed by atoms with Gasteiger partial charge in [0, 0.05) is 17.7 Å². The van der Waals surface area contributed by atoms with Crippen LogP contribution in [0.4, 0.5) is 0 Å². The molecule has 1 amide bonds. The molecule has 0 aliphatic carbocycles. The smallest absolute Gasteiger partial charge is 0.271 e. The Hall–Kier alpha value is -3.15. The first-order chi connectivity index (χ1) is 13.1. The van der Waals surface area contributed by atoms with Gasteiger partial charge in [0.05, 0.1) is 11.2 Å². The average Bonchev–Trinajstić information content (AvgIpc) is 2.69. The van der Waals surface area contributed by atoms with Crippen molar-refractivity contribution in [2.45, 2.75) is 0 Å². The third-order valence-electron chi connectivity index (χ3n) is 4.00. The summed E-state index contributed by atoms with van der Waals surface area (Å²) in [5, 5.41) is 15.7. The Morgan fingerprint density at radius 3 is 2.52 bits per heavy atom. The zero-order valence-corrected chi connectivity index (χ0v) is 15.1. The topological polar surface area (TPSA) is 87.7 Å². The lowest BCUT2D eigenvalue weighted by atomic mass is 10.00. The zero-order valence-electron chi connectivity index (χ0n) is 14.4. The summed E-state index contributed by atoms with van der Waals surface area (Å²) >= 11 is 5.82. The standard InChI is InChI=1S/C21H18ClN3O2/c22-19-12-15(9-10-20(19)26)21(27)25-24-13-16-8-7-14(4-3-11-23)17-5-1-2-6-18(16)17/h1-10,12-13,26H,11,23H2,(H,25,27)/b4-3+,24-13+. The lowest BCUT2D eigenvalue weighted by molar-refractivity contribution is 0.0955. The first kappa shape index (κ1) is 18.6. The third kappa shape index (κ3) is 4.34. The summed E-state index contributed by atoms with van der Waals surface area (Å²) in [6.45, 7) is 0.477. The van der Waals surface area contributed by atoms with Crippen LogP contribution >= 0.6 is 11.6 Å². The van der Waals surface area contributed by atoms with Crippen LogP contribution in [0.5, 0.6) is 5.75 Å². The van der Waals surface area contributed by atoms with Crippen molar-refractivity contribution in [2.75, 3.05) is 6.54 Å². The maximum absolute atomic E-state index is 12.1. The Balaban J connectivity index is 1.83. The molecule has 0 aliphatic rings. The minimum Gasteiger partial charge on any atom is -0.506 e. The Labute approximate surface area is 161 Å². The molecule has 0 fully saturated rings. The highest BCUT2D eigenvalue weighted by molar-refractivity contribution is 6.32. The molecule has 0 heterocycles. The number of amides is 1. The van der Waals surface area contributed by atoms with Gasteiger partial charge in [-0.3, -0.25) is 4.79 Å². The zero-order chi connectivity index (χ0) is 19.2. The summed E-state index contributed by atoms with van der Waals surface area (Å²) in [6.07, 6.45) is 5.48. The van der Waals surface area contributed by atoms with Gasteiger partial charge in [-0.2, -0.15) is 5.10 Å². The highest BCUT2D eigenvalue weighted by Crippen LogP contribution is 2.24. The van der Waals surface area contributed by atoms with Crippen LogP contribution in [-0.4, -0.2) is 23.8 Å². The van der Waals surface area contributed by atoms with Crippen molar-refractivity contribution in [2.24, 2.45) is 10.8 Å². The van der Waals surface area contributed by atoms with E-state index in [1.165, 1.54) is 18.2 Å². The van der Waals surface area contributed by atoms with E-state index in [4.69, 9.17) is 17.3 Å². The van der Waals surface area contributed by atoms with E-state index in [-0.39, 0.29) is 10.8 Å². The molecule has 0 atom stereocenters. The van der Waals surface area contributed by atoms with Crippen molar-refractivity contribution in [1.29, 1.82) is 0 Å². The lowest BCUT2D eigenvalue weighted by Gasteiger charge is -2.06. The molecule has 0 unspecified atom stereocenters. The number of fused-ring (bicyclic) bond motifs is 1. The fourth-order valence-electron chi connectivity index (χ4n) is 2.67. The second-order valence-corrected chi connectivity index (χ2v) is 6.20. The largest absolute Gasteiger partial charge is 0.506 e. The van der Waals surface area contributed by atoms with Crippen molar-refractivity contribution < 1.29 is 9.90 Å². The predicted molar refractivity (Wildman–Crippen MR) is 110 cm³/mol.